The fraction of sp³-hybridized carbons (Fsp3) is 0.167. The lowest BCUT2D eigenvalue weighted by atomic mass is 10.3. The molecule has 0 saturated heterocycles. The molecule has 0 amide bonds. The molecular weight excluding hydrogens is 241 g/mol. The lowest BCUT2D eigenvalue weighted by molar-refractivity contribution is 0.993. The molecule has 1 rings (SSSR count). The third-order valence-electron chi connectivity index (χ3n) is 1.16. The van der Waals surface area contributed by atoms with Crippen molar-refractivity contribution in [2.45, 2.75) is 6.54 Å². The molecule has 0 spiro atoms. The fourth-order valence-corrected chi connectivity index (χ4v) is 1.13. The lowest BCUT2D eigenvalue weighted by Gasteiger charge is -1.99. The van der Waals surface area contributed by atoms with Gasteiger partial charge in [-0.1, -0.05) is 0 Å². The second kappa shape index (κ2) is 3.16. The van der Waals surface area contributed by atoms with Crippen LogP contribution in [0.4, 0.5) is 5.69 Å². The van der Waals surface area contributed by atoms with Crippen LogP contribution in [0.3, 0.4) is 0 Å². The molecule has 0 saturated carbocycles. The van der Waals surface area contributed by atoms with Crippen LogP contribution in [0.2, 0.25) is 0 Å². The minimum atomic E-state index is 0.406. The summed E-state index contributed by atoms with van der Waals surface area (Å²) in [5.41, 5.74) is 12.4. The third-order valence-corrected chi connectivity index (χ3v) is 1.75. The summed E-state index contributed by atoms with van der Waals surface area (Å²) in [5, 5.41) is 0. The highest BCUT2D eigenvalue weighted by atomic mass is 127. The van der Waals surface area contributed by atoms with Crippen molar-refractivity contribution in [3.05, 3.63) is 21.5 Å². The zero-order chi connectivity index (χ0) is 7.56. The van der Waals surface area contributed by atoms with Crippen molar-refractivity contribution in [3.63, 3.8) is 0 Å². The molecule has 10 heavy (non-hydrogen) atoms. The van der Waals surface area contributed by atoms with Gasteiger partial charge in [-0.05, 0) is 28.7 Å². The Balaban J connectivity index is 3.07. The van der Waals surface area contributed by atoms with Crippen LogP contribution in [0, 0.1) is 3.57 Å². The molecule has 1 aromatic rings. The highest BCUT2D eigenvalue weighted by Crippen LogP contribution is 2.11. The van der Waals surface area contributed by atoms with E-state index in [1.807, 2.05) is 6.07 Å². The molecular formula is C6H8IN3. The van der Waals surface area contributed by atoms with Gasteiger partial charge >= 0.3 is 0 Å². The van der Waals surface area contributed by atoms with Gasteiger partial charge in [0.05, 0.1) is 11.4 Å². The largest absolute Gasteiger partial charge is 0.397 e. The molecule has 1 heterocycles. The van der Waals surface area contributed by atoms with Gasteiger partial charge in [0.2, 0.25) is 0 Å². The van der Waals surface area contributed by atoms with E-state index in [9.17, 15) is 0 Å². The molecule has 0 aliphatic carbocycles. The molecule has 0 atom stereocenters. The zero-order valence-electron chi connectivity index (χ0n) is 5.34. The van der Waals surface area contributed by atoms with Crippen molar-refractivity contribution in [1.82, 2.24) is 4.98 Å². The van der Waals surface area contributed by atoms with Crippen molar-refractivity contribution in [2.75, 3.05) is 5.73 Å². The molecule has 0 aliphatic heterocycles. The number of nitrogens with two attached hydrogens (primary N) is 2. The average Bonchev–Trinajstić information content (AvgIpc) is 1.88. The maximum Gasteiger partial charge on any atom is 0.0769 e. The Bertz CT molecular complexity index is 236. The van der Waals surface area contributed by atoms with E-state index in [2.05, 4.69) is 27.6 Å². The van der Waals surface area contributed by atoms with Crippen LogP contribution in [-0.2, 0) is 6.54 Å². The van der Waals surface area contributed by atoms with Crippen LogP contribution in [0.15, 0.2) is 12.3 Å². The minimum absolute atomic E-state index is 0.406. The summed E-state index contributed by atoms with van der Waals surface area (Å²) in [6.45, 7) is 0.406. The zero-order valence-corrected chi connectivity index (χ0v) is 7.50. The Morgan fingerprint density at radius 3 is 2.80 bits per heavy atom. The van der Waals surface area contributed by atoms with Gasteiger partial charge in [-0.2, -0.15) is 0 Å². The number of aromatic nitrogens is 1. The van der Waals surface area contributed by atoms with Crippen molar-refractivity contribution < 1.29 is 0 Å². The number of halogens is 1. The van der Waals surface area contributed by atoms with Crippen LogP contribution < -0.4 is 11.5 Å². The molecule has 0 aromatic carbocycles. The summed E-state index contributed by atoms with van der Waals surface area (Å²) in [5.74, 6) is 0. The van der Waals surface area contributed by atoms with E-state index in [4.69, 9.17) is 11.5 Å². The monoisotopic (exact) mass is 249 g/mol. The number of rotatable bonds is 1. The number of hydrogen-bond acceptors (Lipinski definition) is 3. The first kappa shape index (κ1) is 7.74. The first-order chi connectivity index (χ1) is 4.74. The molecule has 4 N–H and O–H groups in total. The van der Waals surface area contributed by atoms with Gasteiger partial charge in [0.15, 0.2) is 0 Å². The number of pyridine rings is 1. The van der Waals surface area contributed by atoms with E-state index >= 15 is 0 Å². The molecule has 1 aromatic heterocycles. The molecule has 0 radical (unpaired) electrons. The van der Waals surface area contributed by atoms with E-state index in [1.165, 1.54) is 0 Å². The highest BCUT2D eigenvalue weighted by Gasteiger charge is 1.96. The quantitative estimate of drug-likeness (QED) is 0.721. The highest BCUT2D eigenvalue weighted by molar-refractivity contribution is 14.1. The first-order valence-corrected chi connectivity index (χ1v) is 3.92. The molecule has 0 unspecified atom stereocenters. The second-order valence-corrected chi connectivity index (χ2v) is 3.14. The normalized spacial score (nSPS) is 9.80. The third kappa shape index (κ3) is 1.57. The maximum absolute atomic E-state index is 5.58. The second-order valence-electron chi connectivity index (χ2n) is 1.89. The van der Waals surface area contributed by atoms with Gasteiger partial charge in [0, 0.05) is 16.3 Å². The number of anilines is 1. The number of nitrogen functional groups attached to an aromatic ring is 1. The minimum Gasteiger partial charge on any atom is -0.397 e. The Labute approximate surface area is 73.0 Å². The van der Waals surface area contributed by atoms with Crippen molar-refractivity contribution in [3.8, 4) is 0 Å². The summed E-state index contributed by atoms with van der Waals surface area (Å²) in [6.07, 6.45) is 1.75. The van der Waals surface area contributed by atoms with Gasteiger partial charge in [-0.25, -0.2) is 0 Å². The van der Waals surface area contributed by atoms with Gasteiger partial charge in [0.1, 0.15) is 0 Å². The molecule has 0 aliphatic rings. The SMILES string of the molecule is NCc1ncc(I)cc1N. The van der Waals surface area contributed by atoms with Crippen LogP contribution in [0.5, 0.6) is 0 Å². The summed E-state index contributed by atoms with van der Waals surface area (Å²) < 4.78 is 1.03. The number of hydrogen-bond donors (Lipinski definition) is 2. The van der Waals surface area contributed by atoms with Crippen molar-refractivity contribution in [1.29, 1.82) is 0 Å². The Morgan fingerprint density at radius 1 is 1.60 bits per heavy atom. The molecule has 54 valence electrons. The Hall–Kier alpha value is -0.360. The predicted molar refractivity (Wildman–Crippen MR) is 49.3 cm³/mol. The summed E-state index contributed by atoms with van der Waals surface area (Å²) in [7, 11) is 0. The summed E-state index contributed by atoms with van der Waals surface area (Å²) in [4.78, 5) is 4.04. The molecule has 0 fully saturated rings. The predicted octanol–water partition coefficient (Wildman–Crippen LogP) is 0.727. The molecule has 4 heteroatoms. The van der Waals surface area contributed by atoms with E-state index in [1.54, 1.807) is 6.20 Å². The Morgan fingerprint density at radius 2 is 2.30 bits per heavy atom. The first-order valence-electron chi connectivity index (χ1n) is 2.84. The van der Waals surface area contributed by atoms with Gasteiger partial charge in [-0.15, -0.1) is 0 Å². The standard InChI is InChI=1S/C6H8IN3/c7-4-1-5(9)6(2-8)10-3-4/h1,3H,2,8-9H2. The van der Waals surface area contributed by atoms with E-state index in [0.717, 1.165) is 9.26 Å². The van der Waals surface area contributed by atoms with Gasteiger partial charge in [0.25, 0.3) is 0 Å². The number of nitrogens with zero attached hydrogens (tertiary/aromatic N) is 1. The van der Waals surface area contributed by atoms with E-state index in [-0.39, 0.29) is 0 Å². The van der Waals surface area contributed by atoms with Crippen LogP contribution in [0.1, 0.15) is 5.69 Å². The van der Waals surface area contributed by atoms with Crippen molar-refractivity contribution in [2.24, 2.45) is 5.73 Å². The van der Waals surface area contributed by atoms with Gasteiger partial charge < -0.3 is 11.5 Å². The average molecular weight is 249 g/mol. The van der Waals surface area contributed by atoms with Crippen molar-refractivity contribution >= 4 is 28.3 Å². The van der Waals surface area contributed by atoms with E-state index in [0.29, 0.717) is 12.2 Å². The van der Waals surface area contributed by atoms with Gasteiger partial charge in [-0.3, -0.25) is 4.98 Å². The van der Waals surface area contributed by atoms with Crippen LogP contribution in [0.25, 0.3) is 0 Å². The topological polar surface area (TPSA) is 64.9 Å². The van der Waals surface area contributed by atoms with E-state index < -0.39 is 0 Å². The summed E-state index contributed by atoms with van der Waals surface area (Å²) in [6, 6.07) is 1.86. The molecule has 0 bridgehead atoms. The maximum atomic E-state index is 5.58. The smallest absolute Gasteiger partial charge is 0.0769 e. The Kier molecular flexibility index (Phi) is 2.44. The van der Waals surface area contributed by atoms with Crippen LogP contribution >= 0.6 is 22.6 Å². The lowest BCUT2D eigenvalue weighted by Crippen LogP contribution is -2.04. The fourth-order valence-electron chi connectivity index (χ4n) is 0.654. The molecule has 3 nitrogen and oxygen atoms in total. The van der Waals surface area contributed by atoms with Crippen LogP contribution in [-0.4, -0.2) is 4.98 Å². The summed E-state index contributed by atoms with van der Waals surface area (Å²) >= 11 is 2.16.